The first-order valence-corrected chi connectivity index (χ1v) is 10.1. The molecule has 1 spiro atoms. The molecule has 1 aromatic rings. The Labute approximate surface area is 155 Å². The summed E-state index contributed by atoms with van der Waals surface area (Å²) in [4.78, 5) is 14.6. The number of hydrogen-bond acceptors (Lipinski definition) is 4. The molecule has 2 amide bonds. The van der Waals surface area contributed by atoms with Crippen LogP contribution < -0.4 is 5.32 Å². The molecule has 3 aliphatic rings. The van der Waals surface area contributed by atoms with Crippen LogP contribution in [-0.4, -0.2) is 51.9 Å². The Bertz CT molecular complexity index is 630. The van der Waals surface area contributed by atoms with E-state index in [1.54, 1.807) is 7.11 Å². The molecule has 3 heterocycles. The zero-order valence-electron chi connectivity index (χ0n) is 15.9. The van der Waals surface area contributed by atoms with Crippen LogP contribution >= 0.6 is 0 Å². The number of urea groups is 1. The zero-order chi connectivity index (χ0) is 18.0. The molecule has 2 fully saturated rings. The Morgan fingerprint density at radius 2 is 1.88 bits per heavy atom. The van der Waals surface area contributed by atoms with Gasteiger partial charge < -0.3 is 19.5 Å². The van der Waals surface area contributed by atoms with Crippen molar-refractivity contribution < 1.29 is 9.53 Å². The highest BCUT2D eigenvalue weighted by molar-refractivity contribution is 5.74. The van der Waals surface area contributed by atoms with Gasteiger partial charge in [-0.1, -0.05) is 12.8 Å². The lowest BCUT2D eigenvalue weighted by molar-refractivity contribution is 0.0986. The molecule has 144 valence electrons. The molecule has 1 saturated heterocycles. The third-order valence-electron chi connectivity index (χ3n) is 6.72. The minimum Gasteiger partial charge on any atom is -0.377 e. The Morgan fingerprint density at radius 3 is 2.62 bits per heavy atom. The molecule has 1 saturated carbocycles. The number of piperidine rings is 1. The van der Waals surface area contributed by atoms with E-state index in [1.165, 1.54) is 12.8 Å². The van der Waals surface area contributed by atoms with Gasteiger partial charge in [-0.05, 0) is 43.9 Å². The van der Waals surface area contributed by atoms with E-state index in [-0.39, 0.29) is 6.03 Å². The Hall–Kier alpha value is -1.63. The van der Waals surface area contributed by atoms with Crippen LogP contribution in [0.15, 0.2) is 0 Å². The second-order valence-corrected chi connectivity index (χ2v) is 8.29. The number of carbonyl (C=O) groups is 1. The van der Waals surface area contributed by atoms with Crippen molar-refractivity contribution in [3.63, 3.8) is 0 Å². The monoisotopic (exact) mass is 361 g/mol. The molecule has 0 unspecified atom stereocenters. The summed E-state index contributed by atoms with van der Waals surface area (Å²) in [6, 6.07) is 0.555. The summed E-state index contributed by atoms with van der Waals surface area (Å²) in [5.74, 6) is 2.03. The number of methoxy groups -OCH3 is 1. The number of fused-ring (bicyclic) bond motifs is 1. The number of likely N-dealkylation sites (tertiary alicyclic amines) is 1. The molecule has 1 N–H and O–H groups in total. The standard InChI is InChI=1S/C19H31N5O2/c1-26-14-17-22-21-16-6-7-19(10-13-24(16)17)8-11-23(12-9-19)18(25)20-15-4-2-3-5-15/h15H,2-14H2,1H3,(H,20,25). The van der Waals surface area contributed by atoms with Crippen LogP contribution in [0.25, 0.3) is 0 Å². The number of amides is 2. The SMILES string of the molecule is COCc1nnc2n1CCC1(CC2)CCN(C(=O)NC2CCCC2)CC1. The van der Waals surface area contributed by atoms with Gasteiger partial charge in [-0.2, -0.15) is 0 Å². The summed E-state index contributed by atoms with van der Waals surface area (Å²) >= 11 is 0. The molecule has 0 bridgehead atoms. The number of nitrogens with zero attached hydrogens (tertiary/aromatic N) is 4. The van der Waals surface area contributed by atoms with Crippen LogP contribution in [-0.2, 0) is 24.3 Å². The van der Waals surface area contributed by atoms with Gasteiger partial charge in [-0.3, -0.25) is 0 Å². The number of nitrogens with one attached hydrogen (secondary N) is 1. The summed E-state index contributed by atoms with van der Waals surface area (Å²) < 4.78 is 7.50. The van der Waals surface area contributed by atoms with Gasteiger partial charge in [0.1, 0.15) is 12.4 Å². The van der Waals surface area contributed by atoms with Crippen molar-refractivity contribution in [2.45, 2.75) is 77.0 Å². The van der Waals surface area contributed by atoms with Crippen molar-refractivity contribution in [1.82, 2.24) is 25.0 Å². The van der Waals surface area contributed by atoms with E-state index in [9.17, 15) is 4.79 Å². The largest absolute Gasteiger partial charge is 0.377 e. The fraction of sp³-hybridized carbons (Fsp3) is 0.842. The number of ether oxygens (including phenoxy) is 1. The normalized spacial score (nSPS) is 23.0. The van der Waals surface area contributed by atoms with Crippen LogP contribution in [0, 0.1) is 5.41 Å². The molecule has 4 rings (SSSR count). The van der Waals surface area contributed by atoms with E-state index in [4.69, 9.17) is 4.74 Å². The van der Waals surface area contributed by atoms with Gasteiger partial charge >= 0.3 is 6.03 Å². The minimum atomic E-state index is 0.153. The number of hydrogen-bond donors (Lipinski definition) is 1. The molecule has 0 atom stereocenters. The van der Waals surface area contributed by atoms with E-state index in [0.29, 0.717) is 18.1 Å². The van der Waals surface area contributed by atoms with Crippen LogP contribution in [0.3, 0.4) is 0 Å². The Morgan fingerprint density at radius 1 is 1.15 bits per heavy atom. The van der Waals surface area contributed by atoms with Crippen LogP contribution in [0.5, 0.6) is 0 Å². The first-order chi connectivity index (χ1) is 12.7. The van der Waals surface area contributed by atoms with E-state index < -0.39 is 0 Å². The van der Waals surface area contributed by atoms with E-state index in [0.717, 1.165) is 76.2 Å². The average molecular weight is 361 g/mol. The lowest BCUT2D eigenvalue weighted by atomic mass is 9.73. The van der Waals surface area contributed by atoms with Crippen LogP contribution in [0.2, 0.25) is 0 Å². The number of aryl methyl sites for hydroxylation is 1. The van der Waals surface area contributed by atoms with Crippen molar-refractivity contribution in [2.24, 2.45) is 5.41 Å². The average Bonchev–Trinajstić information content (AvgIpc) is 3.26. The number of carbonyl (C=O) groups excluding carboxylic acids is 1. The third-order valence-corrected chi connectivity index (χ3v) is 6.72. The maximum atomic E-state index is 12.5. The maximum absolute atomic E-state index is 12.5. The molecule has 0 radical (unpaired) electrons. The second kappa shape index (κ2) is 7.55. The molecule has 1 aliphatic carbocycles. The molecule has 26 heavy (non-hydrogen) atoms. The van der Waals surface area contributed by atoms with Gasteiger partial charge in [-0.15, -0.1) is 10.2 Å². The van der Waals surface area contributed by atoms with Crippen molar-refractivity contribution in [3.8, 4) is 0 Å². The Kier molecular flexibility index (Phi) is 5.16. The number of aromatic nitrogens is 3. The second-order valence-electron chi connectivity index (χ2n) is 8.29. The third kappa shape index (κ3) is 3.59. The summed E-state index contributed by atoms with van der Waals surface area (Å²) in [5, 5.41) is 11.9. The lowest BCUT2D eigenvalue weighted by Crippen LogP contribution is -2.49. The van der Waals surface area contributed by atoms with Crippen molar-refractivity contribution >= 4 is 6.03 Å². The molecular formula is C19H31N5O2. The van der Waals surface area contributed by atoms with Crippen molar-refractivity contribution in [2.75, 3.05) is 20.2 Å². The van der Waals surface area contributed by atoms with Gasteiger partial charge in [0.2, 0.25) is 0 Å². The zero-order valence-corrected chi connectivity index (χ0v) is 15.9. The van der Waals surface area contributed by atoms with Gasteiger partial charge in [0, 0.05) is 39.2 Å². The van der Waals surface area contributed by atoms with Gasteiger partial charge in [-0.25, -0.2) is 4.79 Å². The maximum Gasteiger partial charge on any atom is 0.317 e. The van der Waals surface area contributed by atoms with Gasteiger partial charge in [0.25, 0.3) is 0 Å². The molecule has 7 heteroatoms. The summed E-state index contributed by atoms with van der Waals surface area (Å²) in [5.41, 5.74) is 0.342. The highest BCUT2D eigenvalue weighted by atomic mass is 16.5. The fourth-order valence-electron chi connectivity index (χ4n) is 4.92. The van der Waals surface area contributed by atoms with Crippen LogP contribution in [0.4, 0.5) is 4.79 Å². The minimum absolute atomic E-state index is 0.153. The first kappa shape index (κ1) is 17.8. The summed E-state index contributed by atoms with van der Waals surface area (Å²) in [6.45, 7) is 3.25. The summed E-state index contributed by atoms with van der Waals surface area (Å²) in [6.07, 6.45) is 10.3. The molecule has 1 aromatic heterocycles. The smallest absolute Gasteiger partial charge is 0.317 e. The lowest BCUT2D eigenvalue weighted by Gasteiger charge is -2.41. The van der Waals surface area contributed by atoms with E-state index in [2.05, 4.69) is 20.1 Å². The predicted molar refractivity (Wildman–Crippen MR) is 97.7 cm³/mol. The molecule has 2 aliphatic heterocycles. The fourth-order valence-corrected chi connectivity index (χ4v) is 4.92. The van der Waals surface area contributed by atoms with Gasteiger partial charge in [0.15, 0.2) is 5.82 Å². The quantitative estimate of drug-likeness (QED) is 0.898. The first-order valence-electron chi connectivity index (χ1n) is 10.1. The predicted octanol–water partition coefficient (Wildman–Crippen LogP) is 2.50. The Balaban J connectivity index is 1.33. The van der Waals surface area contributed by atoms with E-state index >= 15 is 0 Å². The van der Waals surface area contributed by atoms with Crippen molar-refractivity contribution in [3.05, 3.63) is 11.6 Å². The van der Waals surface area contributed by atoms with Crippen LogP contribution in [0.1, 0.15) is 63.0 Å². The number of rotatable bonds is 3. The summed E-state index contributed by atoms with van der Waals surface area (Å²) in [7, 11) is 1.70. The molecule has 7 nitrogen and oxygen atoms in total. The topological polar surface area (TPSA) is 72.3 Å². The van der Waals surface area contributed by atoms with Crippen molar-refractivity contribution in [1.29, 1.82) is 0 Å². The molecule has 0 aromatic carbocycles. The highest BCUT2D eigenvalue weighted by Crippen LogP contribution is 2.41. The highest BCUT2D eigenvalue weighted by Gasteiger charge is 2.38. The van der Waals surface area contributed by atoms with E-state index in [1.807, 2.05) is 4.90 Å². The molecular weight excluding hydrogens is 330 g/mol. The van der Waals surface area contributed by atoms with Gasteiger partial charge in [0.05, 0.1) is 0 Å².